The Morgan fingerprint density at radius 1 is 1.08 bits per heavy atom. The van der Waals surface area contributed by atoms with Crippen molar-refractivity contribution in [3.8, 4) is 6.07 Å². The summed E-state index contributed by atoms with van der Waals surface area (Å²) in [5.41, 5.74) is 0.434. The van der Waals surface area contributed by atoms with Gasteiger partial charge in [-0.15, -0.1) is 0 Å². The Morgan fingerprint density at radius 2 is 1.73 bits per heavy atom. The fraction of sp³-hybridized carbons (Fsp3) is 0.579. The lowest BCUT2D eigenvalue weighted by Gasteiger charge is -2.38. The summed E-state index contributed by atoms with van der Waals surface area (Å²) in [4.78, 5) is 15.0. The summed E-state index contributed by atoms with van der Waals surface area (Å²) in [6, 6.07) is 8.25. The first-order chi connectivity index (χ1) is 12.4. The zero-order chi connectivity index (χ0) is 18.7. The molecule has 0 saturated carbocycles. The molecule has 1 aromatic carbocycles. The van der Waals surface area contributed by atoms with Gasteiger partial charge in [0.1, 0.15) is 0 Å². The van der Waals surface area contributed by atoms with E-state index in [0.717, 1.165) is 19.4 Å². The van der Waals surface area contributed by atoms with Crippen LogP contribution in [0, 0.1) is 17.2 Å². The Bertz CT molecular complexity index is 790. The van der Waals surface area contributed by atoms with Gasteiger partial charge < -0.3 is 4.90 Å². The average Bonchev–Trinajstić information content (AvgIpc) is 2.68. The van der Waals surface area contributed by atoms with Gasteiger partial charge in [-0.1, -0.05) is 0 Å². The highest BCUT2D eigenvalue weighted by molar-refractivity contribution is 7.89. The van der Waals surface area contributed by atoms with E-state index in [9.17, 15) is 13.2 Å². The number of amides is 1. The summed E-state index contributed by atoms with van der Waals surface area (Å²) in [5, 5.41) is 8.84. The van der Waals surface area contributed by atoms with E-state index in [1.807, 2.05) is 11.0 Å². The predicted molar refractivity (Wildman–Crippen MR) is 97.7 cm³/mol. The van der Waals surface area contributed by atoms with Crippen molar-refractivity contribution in [2.75, 3.05) is 19.6 Å². The van der Waals surface area contributed by atoms with Gasteiger partial charge in [-0.3, -0.25) is 4.79 Å². The molecule has 2 heterocycles. The maximum atomic E-state index is 12.8. The molecule has 2 saturated heterocycles. The number of piperidine rings is 2. The number of rotatable bonds is 3. The Balaban J connectivity index is 1.64. The molecule has 26 heavy (non-hydrogen) atoms. The Morgan fingerprint density at radius 3 is 2.31 bits per heavy atom. The van der Waals surface area contributed by atoms with Crippen molar-refractivity contribution in [2.45, 2.75) is 50.0 Å². The molecule has 0 aromatic heterocycles. The molecule has 0 aliphatic carbocycles. The molecule has 0 radical (unpaired) electrons. The van der Waals surface area contributed by atoms with Gasteiger partial charge >= 0.3 is 0 Å². The number of hydrogen-bond donors (Lipinski definition) is 0. The molecular weight excluding hydrogens is 350 g/mol. The first-order valence-electron chi connectivity index (χ1n) is 9.24. The maximum absolute atomic E-state index is 12.8. The van der Waals surface area contributed by atoms with E-state index in [4.69, 9.17) is 5.26 Å². The number of benzene rings is 1. The largest absolute Gasteiger partial charge is 0.340 e. The van der Waals surface area contributed by atoms with Crippen LogP contribution in [-0.4, -0.2) is 49.2 Å². The number of nitriles is 1. The van der Waals surface area contributed by atoms with Crippen LogP contribution in [0.25, 0.3) is 0 Å². The quantitative estimate of drug-likeness (QED) is 0.812. The fourth-order valence-electron chi connectivity index (χ4n) is 3.85. The normalized spacial score (nSPS) is 22.8. The minimum absolute atomic E-state index is 0.0806. The molecule has 7 heteroatoms. The molecule has 0 bridgehead atoms. The first kappa shape index (κ1) is 18.9. The highest BCUT2D eigenvalue weighted by Gasteiger charge is 2.35. The van der Waals surface area contributed by atoms with Gasteiger partial charge in [-0.25, -0.2) is 8.42 Å². The Hall–Kier alpha value is -1.91. The second-order valence-electron chi connectivity index (χ2n) is 7.19. The van der Waals surface area contributed by atoms with Crippen LogP contribution < -0.4 is 0 Å². The van der Waals surface area contributed by atoms with Crippen LogP contribution in [-0.2, 0) is 14.8 Å². The van der Waals surface area contributed by atoms with Gasteiger partial charge in [0.15, 0.2) is 0 Å². The van der Waals surface area contributed by atoms with E-state index in [2.05, 4.69) is 6.92 Å². The van der Waals surface area contributed by atoms with E-state index in [1.54, 1.807) is 0 Å². The van der Waals surface area contributed by atoms with E-state index < -0.39 is 10.0 Å². The van der Waals surface area contributed by atoms with Gasteiger partial charge in [0, 0.05) is 31.6 Å². The second kappa shape index (κ2) is 7.77. The molecule has 2 aliphatic rings. The third kappa shape index (κ3) is 3.76. The van der Waals surface area contributed by atoms with Gasteiger partial charge in [-0.2, -0.15) is 9.57 Å². The van der Waals surface area contributed by atoms with Gasteiger partial charge in [-0.05, 0) is 63.3 Å². The molecule has 1 aromatic rings. The van der Waals surface area contributed by atoms with Crippen LogP contribution in [0.4, 0.5) is 0 Å². The number of sulfonamides is 1. The van der Waals surface area contributed by atoms with Crippen LogP contribution in [0.2, 0.25) is 0 Å². The molecule has 2 fully saturated rings. The van der Waals surface area contributed by atoms with Crippen molar-refractivity contribution in [2.24, 2.45) is 5.92 Å². The first-order valence-corrected chi connectivity index (χ1v) is 10.7. The molecule has 0 N–H and O–H groups in total. The van der Waals surface area contributed by atoms with E-state index in [1.165, 1.54) is 35.0 Å². The minimum Gasteiger partial charge on any atom is -0.340 e. The Labute approximate surface area is 155 Å². The molecular formula is C19H25N3O3S. The maximum Gasteiger partial charge on any atom is 0.243 e. The van der Waals surface area contributed by atoms with E-state index in [0.29, 0.717) is 31.5 Å². The van der Waals surface area contributed by atoms with Crippen molar-refractivity contribution in [3.63, 3.8) is 0 Å². The molecule has 0 spiro atoms. The molecule has 6 nitrogen and oxygen atoms in total. The smallest absolute Gasteiger partial charge is 0.243 e. The standard InChI is InChI=1S/C19H25N3O3S/c1-15-4-2-3-11-22(15)19(23)17-9-12-21(13-10-17)26(24,25)18-7-5-16(14-20)6-8-18/h5-8,15,17H,2-4,9-13H2,1H3. The summed E-state index contributed by atoms with van der Waals surface area (Å²) < 4.78 is 27.0. The van der Waals surface area contributed by atoms with Crippen LogP contribution in [0.5, 0.6) is 0 Å². The zero-order valence-electron chi connectivity index (χ0n) is 15.1. The summed E-state index contributed by atoms with van der Waals surface area (Å²) in [5.74, 6) is 0.107. The second-order valence-corrected chi connectivity index (χ2v) is 9.13. The van der Waals surface area contributed by atoms with Crippen molar-refractivity contribution in [1.82, 2.24) is 9.21 Å². The number of nitrogens with zero attached hydrogens (tertiary/aromatic N) is 3. The molecule has 1 amide bonds. The molecule has 2 aliphatic heterocycles. The zero-order valence-corrected chi connectivity index (χ0v) is 15.9. The summed E-state index contributed by atoms with van der Waals surface area (Å²) in [7, 11) is -3.57. The van der Waals surface area contributed by atoms with E-state index >= 15 is 0 Å². The number of carbonyl (C=O) groups excluding carboxylic acids is 1. The van der Waals surface area contributed by atoms with Gasteiger partial charge in [0.2, 0.25) is 15.9 Å². The van der Waals surface area contributed by atoms with Crippen molar-refractivity contribution in [3.05, 3.63) is 29.8 Å². The summed E-state index contributed by atoms with van der Waals surface area (Å²) in [6.45, 7) is 3.65. The van der Waals surface area contributed by atoms with Crippen LogP contribution in [0.3, 0.4) is 0 Å². The lowest BCUT2D eigenvalue weighted by molar-refractivity contribution is -0.140. The van der Waals surface area contributed by atoms with Crippen LogP contribution in [0.15, 0.2) is 29.2 Å². The van der Waals surface area contributed by atoms with Crippen molar-refractivity contribution >= 4 is 15.9 Å². The SMILES string of the molecule is CC1CCCCN1C(=O)C1CCN(S(=O)(=O)c2ccc(C#N)cc2)CC1. The Kier molecular flexibility index (Phi) is 5.64. The van der Waals surface area contributed by atoms with Crippen LogP contribution in [0.1, 0.15) is 44.6 Å². The lowest BCUT2D eigenvalue weighted by atomic mass is 9.94. The molecule has 3 rings (SSSR count). The molecule has 140 valence electrons. The van der Waals surface area contributed by atoms with Crippen molar-refractivity contribution < 1.29 is 13.2 Å². The monoisotopic (exact) mass is 375 g/mol. The summed E-state index contributed by atoms with van der Waals surface area (Å²) in [6.07, 6.45) is 4.42. The van der Waals surface area contributed by atoms with Gasteiger partial charge in [0.05, 0.1) is 16.5 Å². The van der Waals surface area contributed by atoms with E-state index in [-0.39, 0.29) is 22.8 Å². The van der Waals surface area contributed by atoms with Gasteiger partial charge in [0.25, 0.3) is 0 Å². The molecule has 1 unspecified atom stereocenters. The minimum atomic E-state index is -3.57. The highest BCUT2D eigenvalue weighted by Crippen LogP contribution is 2.27. The lowest BCUT2D eigenvalue weighted by Crippen LogP contribution is -2.48. The highest BCUT2D eigenvalue weighted by atomic mass is 32.2. The van der Waals surface area contributed by atoms with Crippen LogP contribution >= 0.6 is 0 Å². The number of hydrogen-bond acceptors (Lipinski definition) is 4. The molecule has 1 atom stereocenters. The number of likely N-dealkylation sites (tertiary alicyclic amines) is 1. The topological polar surface area (TPSA) is 81.5 Å². The predicted octanol–water partition coefficient (Wildman–Crippen LogP) is 2.36. The third-order valence-electron chi connectivity index (χ3n) is 5.51. The average molecular weight is 375 g/mol. The van der Waals surface area contributed by atoms with Crippen molar-refractivity contribution in [1.29, 1.82) is 5.26 Å². The number of carbonyl (C=O) groups is 1. The fourth-order valence-corrected chi connectivity index (χ4v) is 5.32. The third-order valence-corrected chi connectivity index (χ3v) is 7.42. The summed E-state index contributed by atoms with van der Waals surface area (Å²) >= 11 is 0.